The van der Waals surface area contributed by atoms with Crippen molar-refractivity contribution in [3.8, 4) is 11.5 Å². The Bertz CT molecular complexity index is 647. The number of benzene rings is 2. The molecule has 0 bridgehead atoms. The highest BCUT2D eigenvalue weighted by atomic mass is 16.5. The maximum atomic E-state index is 5.88. The normalized spacial score (nSPS) is 13.2. The highest BCUT2D eigenvalue weighted by Gasteiger charge is 2.13. The lowest BCUT2D eigenvalue weighted by molar-refractivity contribution is 0.316. The van der Waals surface area contributed by atoms with E-state index in [9.17, 15) is 0 Å². The van der Waals surface area contributed by atoms with Crippen LogP contribution in [0.15, 0.2) is 53.5 Å². The Hall–Kier alpha value is -2.29. The van der Waals surface area contributed by atoms with Gasteiger partial charge in [-0.15, -0.1) is 0 Å². The van der Waals surface area contributed by atoms with E-state index in [4.69, 9.17) is 9.47 Å². The van der Waals surface area contributed by atoms with Gasteiger partial charge in [0, 0.05) is 12.1 Å². The van der Waals surface area contributed by atoms with Crippen molar-refractivity contribution in [2.24, 2.45) is 4.99 Å². The van der Waals surface area contributed by atoms with E-state index in [1.165, 1.54) is 11.1 Å². The van der Waals surface area contributed by atoms with Gasteiger partial charge in [0.1, 0.15) is 18.1 Å². The molecule has 1 aliphatic heterocycles. The van der Waals surface area contributed by atoms with Gasteiger partial charge < -0.3 is 9.47 Å². The molecule has 0 aliphatic carbocycles. The summed E-state index contributed by atoms with van der Waals surface area (Å²) in [7, 11) is 0. The summed E-state index contributed by atoms with van der Waals surface area (Å²) in [6.45, 7) is 4.19. The number of hydrogen-bond acceptors (Lipinski definition) is 3. The topological polar surface area (TPSA) is 30.8 Å². The molecule has 114 valence electrons. The van der Waals surface area contributed by atoms with Crippen LogP contribution in [0.4, 0.5) is 0 Å². The van der Waals surface area contributed by atoms with Gasteiger partial charge in [-0.05, 0) is 42.7 Å². The Balaban J connectivity index is 1.62. The van der Waals surface area contributed by atoms with Crippen molar-refractivity contribution in [3.05, 3.63) is 59.7 Å². The molecule has 0 atom stereocenters. The van der Waals surface area contributed by atoms with E-state index in [-0.39, 0.29) is 0 Å². The van der Waals surface area contributed by atoms with Crippen molar-refractivity contribution in [3.63, 3.8) is 0 Å². The first-order valence-electron chi connectivity index (χ1n) is 7.84. The molecule has 3 nitrogen and oxygen atoms in total. The summed E-state index contributed by atoms with van der Waals surface area (Å²) in [5.41, 5.74) is 3.62. The molecule has 1 aliphatic rings. The van der Waals surface area contributed by atoms with Crippen LogP contribution in [0, 0.1) is 0 Å². The summed E-state index contributed by atoms with van der Waals surface area (Å²) >= 11 is 0. The summed E-state index contributed by atoms with van der Waals surface area (Å²) in [6.07, 6.45) is 2.03. The third-order valence-corrected chi connectivity index (χ3v) is 3.68. The fourth-order valence-electron chi connectivity index (χ4n) is 2.54. The minimum Gasteiger partial charge on any atom is -0.494 e. The Morgan fingerprint density at radius 3 is 2.45 bits per heavy atom. The van der Waals surface area contributed by atoms with Crippen LogP contribution in [0.5, 0.6) is 11.5 Å². The van der Waals surface area contributed by atoms with Gasteiger partial charge in [-0.3, -0.25) is 4.99 Å². The molecular formula is C19H21NO2. The smallest absolute Gasteiger partial charge is 0.130 e. The first-order chi connectivity index (χ1) is 10.9. The van der Waals surface area contributed by atoms with Crippen molar-refractivity contribution in [2.45, 2.75) is 19.8 Å². The van der Waals surface area contributed by atoms with Crippen LogP contribution in [0.25, 0.3) is 0 Å². The fraction of sp³-hybridized carbons (Fsp3) is 0.316. The van der Waals surface area contributed by atoms with Gasteiger partial charge in [-0.2, -0.15) is 0 Å². The zero-order valence-electron chi connectivity index (χ0n) is 12.9. The molecule has 2 aromatic rings. The molecule has 3 heteroatoms. The fourth-order valence-corrected chi connectivity index (χ4v) is 2.54. The molecule has 0 amide bonds. The van der Waals surface area contributed by atoms with Crippen LogP contribution in [0.1, 0.15) is 24.5 Å². The minimum absolute atomic E-state index is 0.506. The van der Waals surface area contributed by atoms with Crippen molar-refractivity contribution in [2.75, 3.05) is 19.8 Å². The van der Waals surface area contributed by atoms with Gasteiger partial charge in [-0.1, -0.05) is 31.2 Å². The summed E-state index contributed by atoms with van der Waals surface area (Å²) in [5.74, 6) is 1.73. The first-order valence-corrected chi connectivity index (χ1v) is 7.84. The third-order valence-electron chi connectivity index (χ3n) is 3.68. The molecule has 1 heterocycles. The van der Waals surface area contributed by atoms with Crippen LogP contribution in [0.3, 0.4) is 0 Å². The van der Waals surface area contributed by atoms with Crippen molar-refractivity contribution >= 4 is 5.71 Å². The molecule has 0 saturated carbocycles. The number of ether oxygens (including phenoxy) is 2. The Kier molecular flexibility index (Phi) is 4.74. The molecule has 0 radical (unpaired) electrons. The Morgan fingerprint density at radius 1 is 0.955 bits per heavy atom. The molecule has 0 aromatic heterocycles. The van der Waals surface area contributed by atoms with E-state index in [1.54, 1.807) is 0 Å². The summed E-state index contributed by atoms with van der Waals surface area (Å²) < 4.78 is 11.4. The predicted molar refractivity (Wildman–Crippen MR) is 89.3 cm³/mol. The monoisotopic (exact) mass is 295 g/mol. The lowest BCUT2D eigenvalue weighted by Gasteiger charge is -2.17. The number of rotatable bonds is 6. The van der Waals surface area contributed by atoms with Gasteiger partial charge in [0.2, 0.25) is 0 Å². The third kappa shape index (κ3) is 3.48. The largest absolute Gasteiger partial charge is 0.494 e. The second-order valence-electron chi connectivity index (χ2n) is 5.34. The highest BCUT2D eigenvalue weighted by molar-refractivity contribution is 6.03. The highest BCUT2D eigenvalue weighted by Crippen LogP contribution is 2.20. The zero-order chi connectivity index (χ0) is 15.2. The zero-order valence-corrected chi connectivity index (χ0v) is 12.9. The molecule has 0 fully saturated rings. The van der Waals surface area contributed by atoms with E-state index in [2.05, 4.69) is 36.2 Å². The molecule has 0 N–H and O–H groups in total. The van der Waals surface area contributed by atoms with Crippen molar-refractivity contribution < 1.29 is 9.47 Å². The lowest BCUT2D eigenvalue weighted by Crippen LogP contribution is -2.19. The number of nitrogens with zero attached hydrogens (tertiary/aromatic N) is 1. The van der Waals surface area contributed by atoms with E-state index in [1.807, 2.05) is 24.3 Å². The van der Waals surface area contributed by atoms with Crippen LogP contribution in [0.2, 0.25) is 0 Å². The molecule has 3 rings (SSSR count). The summed E-state index contributed by atoms with van der Waals surface area (Å²) in [5, 5.41) is 0. The second kappa shape index (κ2) is 7.12. The molecule has 0 unspecified atom stereocenters. The SMILES string of the molecule is CCCOc1ccc(OCC2=NCCc3ccccc32)cc1. The Labute approximate surface area is 131 Å². The van der Waals surface area contributed by atoms with Gasteiger partial charge in [0.05, 0.1) is 12.3 Å². The van der Waals surface area contributed by atoms with Crippen molar-refractivity contribution in [1.82, 2.24) is 0 Å². The second-order valence-corrected chi connectivity index (χ2v) is 5.34. The summed E-state index contributed by atoms with van der Waals surface area (Å²) in [6, 6.07) is 16.2. The van der Waals surface area contributed by atoms with Gasteiger partial charge in [0.25, 0.3) is 0 Å². The number of aliphatic imine (C=N–C) groups is 1. The van der Waals surface area contributed by atoms with Crippen LogP contribution in [-0.4, -0.2) is 25.5 Å². The maximum absolute atomic E-state index is 5.88. The Morgan fingerprint density at radius 2 is 1.68 bits per heavy atom. The minimum atomic E-state index is 0.506. The predicted octanol–water partition coefficient (Wildman–Crippen LogP) is 3.90. The molecular weight excluding hydrogens is 274 g/mol. The maximum Gasteiger partial charge on any atom is 0.130 e. The van der Waals surface area contributed by atoms with Gasteiger partial charge in [-0.25, -0.2) is 0 Å². The van der Waals surface area contributed by atoms with E-state index in [0.29, 0.717) is 6.61 Å². The number of fused-ring (bicyclic) bond motifs is 1. The van der Waals surface area contributed by atoms with Gasteiger partial charge in [0.15, 0.2) is 0 Å². The number of hydrogen-bond donors (Lipinski definition) is 0. The lowest BCUT2D eigenvalue weighted by atomic mass is 9.98. The molecule has 0 saturated heterocycles. The van der Waals surface area contributed by atoms with Crippen molar-refractivity contribution in [1.29, 1.82) is 0 Å². The average Bonchev–Trinajstić information content (AvgIpc) is 2.59. The van der Waals surface area contributed by atoms with Gasteiger partial charge >= 0.3 is 0 Å². The standard InChI is InChI=1S/C19H21NO2/c1-2-13-21-16-7-9-17(10-8-16)22-14-19-18-6-4-3-5-15(18)11-12-20-19/h3-10H,2,11-14H2,1H3. The first kappa shape index (κ1) is 14.6. The molecule has 0 spiro atoms. The van der Waals surface area contributed by atoms with E-state index in [0.717, 1.165) is 43.2 Å². The quantitative estimate of drug-likeness (QED) is 0.809. The van der Waals surface area contributed by atoms with E-state index >= 15 is 0 Å². The summed E-state index contributed by atoms with van der Waals surface area (Å²) in [4.78, 5) is 4.61. The van der Waals surface area contributed by atoms with Crippen LogP contribution < -0.4 is 9.47 Å². The molecule has 22 heavy (non-hydrogen) atoms. The van der Waals surface area contributed by atoms with Crippen LogP contribution in [-0.2, 0) is 6.42 Å². The van der Waals surface area contributed by atoms with E-state index < -0.39 is 0 Å². The molecule has 2 aromatic carbocycles. The van der Waals surface area contributed by atoms with Crippen LogP contribution >= 0.6 is 0 Å². The average molecular weight is 295 g/mol.